The molecule has 2 heterocycles. The third-order valence-corrected chi connectivity index (χ3v) is 4.64. The Morgan fingerprint density at radius 2 is 1.95 bits per heavy atom. The summed E-state index contributed by atoms with van der Waals surface area (Å²) in [4.78, 5) is 16.4. The van der Waals surface area contributed by atoms with Gasteiger partial charge in [-0.3, -0.25) is 9.69 Å². The van der Waals surface area contributed by atoms with Gasteiger partial charge in [0.05, 0.1) is 6.04 Å². The van der Waals surface area contributed by atoms with Crippen molar-refractivity contribution in [3.05, 3.63) is 34.9 Å². The number of carbonyl (C=O) groups is 1. The number of amides is 1. The molecule has 2 atom stereocenters. The monoisotopic (exact) mass is 310 g/mol. The molecule has 3 nitrogen and oxygen atoms in total. The molecule has 114 valence electrons. The molecule has 5 heteroatoms. The number of likely N-dealkylation sites (tertiary alicyclic amines) is 2. The van der Waals surface area contributed by atoms with Crippen LogP contribution >= 0.6 is 11.6 Å². The van der Waals surface area contributed by atoms with Crippen LogP contribution in [0.1, 0.15) is 24.8 Å². The van der Waals surface area contributed by atoms with Gasteiger partial charge in [-0.05, 0) is 43.5 Å². The maximum atomic E-state index is 13.5. The van der Waals surface area contributed by atoms with E-state index < -0.39 is 6.17 Å². The molecule has 0 N–H and O–H groups in total. The molecule has 3 rings (SSSR count). The Hall–Kier alpha value is -1.13. The Labute approximate surface area is 129 Å². The van der Waals surface area contributed by atoms with Crippen LogP contribution in [0.4, 0.5) is 4.39 Å². The van der Waals surface area contributed by atoms with Crippen molar-refractivity contribution in [1.82, 2.24) is 9.80 Å². The topological polar surface area (TPSA) is 23.6 Å². The third kappa shape index (κ3) is 3.38. The summed E-state index contributed by atoms with van der Waals surface area (Å²) in [6, 6.07) is 7.44. The molecule has 0 bridgehead atoms. The van der Waals surface area contributed by atoms with Gasteiger partial charge in [0.25, 0.3) is 0 Å². The Bertz CT molecular complexity index is 508. The minimum atomic E-state index is -0.781. The van der Waals surface area contributed by atoms with Crippen LogP contribution in [0.2, 0.25) is 5.02 Å². The van der Waals surface area contributed by atoms with Crippen LogP contribution < -0.4 is 0 Å². The Morgan fingerprint density at radius 1 is 1.19 bits per heavy atom. The van der Waals surface area contributed by atoms with E-state index in [9.17, 15) is 9.18 Å². The first-order valence-corrected chi connectivity index (χ1v) is 7.92. The number of alkyl halides is 1. The molecule has 1 aromatic carbocycles. The van der Waals surface area contributed by atoms with Crippen LogP contribution in [0.15, 0.2) is 24.3 Å². The highest BCUT2D eigenvalue weighted by molar-refractivity contribution is 6.30. The predicted octanol–water partition coefficient (Wildman–Crippen LogP) is 2.87. The predicted molar refractivity (Wildman–Crippen MR) is 81.0 cm³/mol. The number of halogens is 2. The summed E-state index contributed by atoms with van der Waals surface area (Å²) in [6.45, 7) is 2.61. The highest BCUT2D eigenvalue weighted by atomic mass is 35.5. The number of hydrogen-bond donors (Lipinski definition) is 0. The lowest BCUT2D eigenvalue weighted by molar-refractivity contribution is -0.133. The second kappa shape index (κ2) is 6.32. The van der Waals surface area contributed by atoms with E-state index in [4.69, 9.17) is 11.6 Å². The van der Waals surface area contributed by atoms with Crippen LogP contribution in [0.5, 0.6) is 0 Å². The largest absolute Gasteiger partial charge is 0.337 e. The Morgan fingerprint density at radius 3 is 2.67 bits per heavy atom. The maximum Gasteiger partial charge on any atom is 0.240 e. The second-order valence-corrected chi connectivity index (χ2v) is 6.36. The molecule has 0 saturated carbocycles. The van der Waals surface area contributed by atoms with Crippen LogP contribution in [-0.2, 0) is 11.3 Å². The van der Waals surface area contributed by atoms with E-state index in [1.54, 1.807) is 0 Å². The first-order chi connectivity index (χ1) is 10.1. The quantitative estimate of drug-likeness (QED) is 0.857. The number of hydrogen-bond acceptors (Lipinski definition) is 2. The average Bonchev–Trinajstić information content (AvgIpc) is 2.83. The first-order valence-electron chi connectivity index (χ1n) is 7.55. The zero-order valence-corrected chi connectivity index (χ0v) is 12.7. The van der Waals surface area contributed by atoms with Gasteiger partial charge < -0.3 is 4.90 Å². The fourth-order valence-corrected chi connectivity index (χ4v) is 3.39. The molecule has 0 unspecified atom stereocenters. The minimum Gasteiger partial charge on any atom is -0.337 e. The van der Waals surface area contributed by atoms with Gasteiger partial charge in [0.15, 0.2) is 0 Å². The molecule has 0 spiro atoms. The second-order valence-electron chi connectivity index (χ2n) is 5.93. The SMILES string of the molecule is O=C1[C@@H](N2CCC[C@@H](F)C2)CCN1Cc1ccc(Cl)cc1. The fraction of sp³-hybridized carbons (Fsp3) is 0.562. The molecule has 2 fully saturated rings. The van der Waals surface area contributed by atoms with Gasteiger partial charge in [-0.25, -0.2) is 4.39 Å². The number of carbonyl (C=O) groups excluding carboxylic acids is 1. The first kappa shape index (κ1) is 14.8. The van der Waals surface area contributed by atoms with Crippen molar-refractivity contribution < 1.29 is 9.18 Å². The highest BCUT2D eigenvalue weighted by Crippen LogP contribution is 2.24. The van der Waals surface area contributed by atoms with E-state index in [2.05, 4.69) is 0 Å². The number of piperidine rings is 1. The van der Waals surface area contributed by atoms with Crippen molar-refractivity contribution in [3.63, 3.8) is 0 Å². The average molecular weight is 311 g/mol. The van der Waals surface area contributed by atoms with E-state index >= 15 is 0 Å². The Balaban J connectivity index is 1.62. The summed E-state index contributed by atoms with van der Waals surface area (Å²) in [5, 5.41) is 0.701. The zero-order chi connectivity index (χ0) is 14.8. The van der Waals surface area contributed by atoms with Gasteiger partial charge in [-0.1, -0.05) is 23.7 Å². The van der Waals surface area contributed by atoms with Crippen LogP contribution in [0.25, 0.3) is 0 Å². The smallest absolute Gasteiger partial charge is 0.240 e. The van der Waals surface area contributed by atoms with Gasteiger partial charge in [0.2, 0.25) is 5.91 Å². The fourth-order valence-electron chi connectivity index (χ4n) is 3.26. The van der Waals surface area contributed by atoms with E-state index in [1.165, 1.54) is 0 Å². The highest BCUT2D eigenvalue weighted by Gasteiger charge is 2.37. The van der Waals surface area contributed by atoms with E-state index in [0.29, 0.717) is 24.5 Å². The Kier molecular flexibility index (Phi) is 4.45. The molecule has 0 radical (unpaired) electrons. The summed E-state index contributed by atoms with van der Waals surface area (Å²) in [5.74, 6) is 0.138. The van der Waals surface area contributed by atoms with Gasteiger partial charge in [-0.15, -0.1) is 0 Å². The van der Waals surface area contributed by atoms with E-state index in [0.717, 1.165) is 31.5 Å². The lowest BCUT2D eigenvalue weighted by Gasteiger charge is -2.32. The summed E-state index contributed by atoms with van der Waals surface area (Å²) in [5.41, 5.74) is 1.08. The number of benzene rings is 1. The van der Waals surface area contributed by atoms with Crippen molar-refractivity contribution in [2.45, 2.75) is 38.0 Å². The van der Waals surface area contributed by atoms with Crippen molar-refractivity contribution in [2.75, 3.05) is 19.6 Å². The van der Waals surface area contributed by atoms with Gasteiger partial charge in [0, 0.05) is 24.7 Å². The molecule has 0 aromatic heterocycles. The molecule has 2 aliphatic rings. The maximum absolute atomic E-state index is 13.5. The molecule has 2 saturated heterocycles. The molecular formula is C16H20ClFN2O. The zero-order valence-electron chi connectivity index (χ0n) is 12.0. The van der Waals surface area contributed by atoms with Crippen molar-refractivity contribution >= 4 is 17.5 Å². The van der Waals surface area contributed by atoms with Gasteiger partial charge >= 0.3 is 0 Å². The molecule has 0 aliphatic carbocycles. The molecule has 1 amide bonds. The third-order valence-electron chi connectivity index (χ3n) is 4.39. The molecule has 2 aliphatic heterocycles. The van der Waals surface area contributed by atoms with Crippen molar-refractivity contribution in [1.29, 1.82) is 0 Å². The van der Waals surface area contributed by atoms with E-state index in [1.807, 2.05) is 34.1 Å². The summed E-state index contributed by atoms with van der Waals surface area (Å²) in [7, 11) is 0. The van der Waals surface area contributed by atoms with Crippen LogP contribution in [0, 0.1) is 0 Å². The van der Waals surface area contributed by atoms with Crippen molar-refractivity contribution in [3.8, 4) is 0 Å². The van der Waals surface area contributed by atoms with E-state index in [-0.39, 0.29) is 11.9 Å². The summed E-state index contributed by atoms with van der Waals surface area (Å²) in [6.07, 6.45) is 1.50. The lowest BCUT2D eigenvalue weighted by Crippen LogP contribution is -2.47. The van der Waals surface area contributed by atoms with Crippen LogP contribution in [-0.4, -0.2) is 47.6 Å². The van der Waals surface area contributed by atoms with Gasteiger partial charge in [0.1, 0.15) is 6.17 Å². The molecule has 21 heavy (non-hydrogen) atoms. The standard InChI is InChI=1S/C16H20ClFN2O/c17-13-5-3-12(4-6-13)10-20-9-7-15(16(20)21)19-8-1-2-14(18)11-19/h3-6,14-15H,1-2,7-11H2/t14-,15+/m1/s1. The molecule has 1 aromatic rings. The number of nitrogens with zero attached hydrogens (tertiary/aromatic N) is 2. The van der Waals surface area contributed by atoms with Crippen molar-refractivity contribution in [2.24, 2.45) is 0 Å². The van der Waals surface area contributed by atoms with Gasteiger partial charge in [-0.2, -0.15) is 0 Å². The molecular weight excluding hydrogens is 291 g/mol. The summed E-state index contributed by atoms with van der Waals surface area (Å²) >= 11 is 5.87. The van der Waals surface area contributed by atoms with Crippen LogP contribution in [0.3, 0.4) is 0 Å². The minimum absolute atomic E-state index is 0.129. The summed E-state index contributed by atoms with van der Waals surface area (Å²) < 4.78 is 13.5. The lowest BCUT2D eigenvalue weighted by atomic mass is 10.1. The number of rotatable bonds is 3. The normalized spacial score (nSPS) is 27.3.